The van der Waals surface area contributed by atoms with Crippen molar-refractivity contribution in [3.63, 3.8) is 0 Å². The van der Waals surface area contributed by atoms with Gasteiger partial charge in [-0.1, -0.05) is 13.3 Å². The molecule has 1 aromatic carbocycles. The highest BCUT2D eigenvalue weighted by atomic mass is 16.3. The minimum absolute atomic E-state index is 0.0119. The Labute approximate surface area is 250 Å². The van der Waals surface area contributed by atoms with Gasteiger partial charge in [0, 0.05) is 31.3 Å². The lowest BCUT2D eigenvalue weighted by Crippen LogP contribution is -2.65. The largest absolute Gasteiger partial charge is 0.508 e. The number of unbranched alkanes of at least 4 members (excludes halogenated alkanes) is 1. The number of fused-ring (bicyclic) bond motifs is 3. The van der Waals surface area contributed by atoms with Crippen LogP contribution < -0.4 is 16.0 Å². The Balaban J connectivity index is 1.86. The highest BCUT2D eigenvalue weighted by molar-refractivity contribution is 6.24. The average Bonchev–Trinajstić information content (AvgIpc) is 2.90. The van der Waals surface area contributed by atoms with E-state index in [1.54, 1.807) is 39.2 Å². The van der Waals surface area contributed by atoms with Crippen LogP contribution in [-0.2, 0) is 25.6 Å². The van der Waals surface area contributed by atoms with Gasteiger partial charge >= 0.3 is 0 Å². The van der Waals surface area contributed by atoms with E-state index in [0.29, 0.717) is 17.8 Å². The first-order valence-electron chi connectivity index (χ1n) is 14.3. The van der Waals surface area contributed by atoms with E-state index in [0.717, 1.165) is 12.8 Å². The number of anilines is 2. The lowest BCUT2D eigenvalue weighted by molar-refractivity contribution is -0.153. The van der Waals surface area contributed by atoms with Gasteiger partial charge in [-0.3, -0.25) is 29.0 Å². The molecular weight excluding hydrogens is 558 g/mol. The Morgan fingerprint density at radius 2 is 1.77 bits per heavy atom. The van der Waals surface area contributed by atoms with E-state index >= 15 is 0 Å². The number of phenols is 1. The third-order valence-electron chi connectivity index (χ3n) is 8.76. The number of carbonyl (C=O) groups excluding carboxylic acids is 4. The van der Waals surface area contributed by atoms with E-state index in [1.807, 2.05) is 18.9 Å². The molecule has 0 aromatic heterocycles. The maximum absolute atomic E-state index is 14.1. The van der Waals surface area contributed by atoms with Crippen LogP contribution in [0.2, 0.25) is 0 Å². The zero-order valence-corrected chi connectivity index (χ0v) is 25.4. The Morgan fingerprint density at radius 1 is 1.12 bits per heavy atom. The van der Waals surface area contributed by atoms with Gasteiger partial charge in [0.05, 0.1) is 23.8 Å². The van der Waals surface area contributed by atoms with Crippen molar-refractivity contribution in [2.24, 2.45) is 17.6 Å². The van der Waals surface area contributed by atoms with E-state index in [1.165, 1.54) is 4.90 Å². The fourth-order valence-corrected chi connectivity index (χ4v) is 6.73. The van der Waals surface area contributed by atoms with Crippen molar-refractivity contribution in [1.29, 1.82) is 0 Å². The maximum Gasteiger partial charge on any atom is 0.255 e. The van der Waals surface area contributed by atoms with Crippen LogP contribution in [-0.4, -0.2) is 114 Å². The Hall–Kier alpha value is -3.94. The highest BCUT2D eigenvalue weighted by Gasteiger charge is 2.64. The molecule has 0 bridgehead atoms. The Bertz CT molecular complexity index is 1450. The van der Waals surface area contributed by atoms with E-state index < -0.39 is 63.8 Å². The molecule has 1 saturated carbocycles. The molecule has 43 heavy (non-hydrogen) atoms. The molecule has 1 aromatic rings. The third-order valence-corrected chi connectivity index (χ3v) is 8.76. The summed E-state index contributed by atoms with van der Waals surface area (Å²) in [5, 5.41) is 48.4. The SMILES string of the molecule is CCCCN(C)CC(=O)Nc1cc(N(C)C)c2c(c1O)C(O)=C1C(=O)C3(O)C(O)=C(C(N)=O)C(=O)[C@@H](N(C)C)C3CC1C2. The van der Waals surface area contributed by atoms with Crippen molar-refractivity contribution in [1.82, 2.24) is 9.80 Å². The smallest absolute Gasteiger partial charge is 0.255 e. The number of carbonyl (C=O) groups is 4. The number of Topliss-reactive ketones (excluding diaryl/α,β-unsaturated/α-hetero) is 2. The molecule has 1 fully saturated rings. The molecule has 0 radical (unpaired) electrons. The quantitative estimate of drug-likeness (QED) is 0.173. The van der Waals surface area contributed by atoms with Crippen molar-refractivity contribution in [2.75, 3.05) is 58.5 Å². The molecule has 3 aliphatic rings. The molecule has 0 spiro atoms. The van der Waals surface area contributed by atoms with Gasteiger partial charge in [-0.15, -0.1) is 0 Å². The number of nitrogens with one attached hydrogen (secondary N) is 1. The summed E-state index contributed by atoms with van der Waals surface area (Å²) in [6.45, 7) is 2.82. The van der Waals surface area contributed by atoms with Crippen molar-refractivity contribution in [3.8, 4) is 5.75 Å². The van der Waals surface area contributed by atoms with Crippen molar-refractivity contribution >= 4 is 40.5 Å². The van der Waals surface area contributed by atoms with E-state index in [-0.39, 0.29) is 42.1 Å². The molecule has 3 aliphatic carbocycles. The zero-order chi connectivity index (χ0) is 32.1. The number of aliphatic hydroxyl groups excluding tert-OH is 2. The van der Waals surface area contributed by atoms with Crippen LogP contribution in [0.25, 0.3) is 5.76 Å². The maximum atomic E-state index is 14.1. The van der Waals surface area contributed by atoms with Crippen molar-refractivity contribution < 1.29 is 39.6 Å². The summed E-state index contributed by atoms with van der Waals surface area (Å²) in [5.41, 5.74) is 2.55. The zero-order valence-electron chi connectivity index (χ0n) is 25.4. The Morgan fingerprint density at radius 3 is 2.33 bits per heavy atom. The number of hydrogen-bond donors (Lipinski definition) is 6. The van der Waals surface area contributed by atoms with Gasteiger partial charge in [-0.05, 0) is 64.5 Å². The number of ketones is 2. The fraction of sp³-hybridized carbons (Fsp3) is 0.533. The van der Waals surface area contributed by atoms with Crippen LogP contribution in [0, 0.1) is 11.8 Å². The molecule has 4 rings (SSSR count). The minimum Gasteiger partial charge on any atom is -0.508 e. The lowest BCUT2D eigenvalue weighted by atomic mass is 9.57. The molecule has 7 N–H and O–H groups in total. The molecule has 13 heteroatoms. The number of hydrogen-bond acceptors (Lipinski definition) is 11. The monoisotopic (exact) mass is 599 g/mol. The third kappa shape index (κ3) is 5.15. The second kappa shape index (κ2) is 11.6. The molecule has 2 amide bonds. The number of rotatable bonds is 9. The fourth-order valence-electron chi connectivity index (χ4n) is 6.73. The average molecular weight is 600 g/mol. The van der Waals surface area contributed by atoms with Crippen molar-refractivity contribution in [2.45, 2.75) is 44.2 Å². The van der Waals surface area contributed by atoms with Gasteiger partial charge in [-0.2, -0.15) is 0 Å². The van der Waals surface area contributed by atoms with Crippen LogP contribution in [0.15, 0.2) is 23.0 Å². The van der Waals surface area contributed by atoms with Gasteiger partial charge < -0.3 is 36.4 Å². The van der Waals surface area contributed by atoms with E-state index in [9.17, 15) is 39.6 Å². The molecule has 234 valence electrons. The summed E-state index contributed by atoms with van der Waals surface area (Å²) in [5.74, 6) is -7.66. The predicted octanol–water partition coefficient (Wildman–Crippen LogP) is 0.700. The van der Waals surface area contributed by atoms with Gasteiger partial charge in [0.2, 0.25) is 11.7 Å². The van der Waals surface area contributed by atoms with Gasteiger partial charge in [0.15, 0.2) is 11.4 Å². The number of aromatic hydroxyl groups is 1. The molecule has 0 saturated heterocycles. The van der Waals surface area contributed by atoms with Gasteiger partial charge in [-0.25, -0.2) is 0 Å². The van der Waals surface area contributed by atoms with Gasteiger partial charge in [0.1, 0.15) is 22.8 Å². The summed E-state index contributed by atoms with van der Waals surface area (Å²) < 4.78 is 0. The van der Waals surface area contributed by atoms with Gasteiger partial charge in [0.25, 0.3) is 5.91 Å². The number of likely N-dealkylation sites (N-methyl/N-ethyl adjacent to an activating group) is 2. The molecule has 0 aliphatic heterocycles. The molecule has 0 heterocycles. The topological polar surface area (TPSA) is 197 Å². The predicted molar refractivity (Wildman–Crippen MR) is 160 cm³/mol. The molecule has 4 atom stereocenters. The second-order valence-corrected chi connectivity index (χ2v) is 12.1. The number of nitrogens with zero attached hydrogens (tertiary/aromatic N) is 3. The number of primary amides is 1. The summed E-state index contributed by atoms with van der Waals surface area (Å²) >= 11 is 0. The van der Waals surface area contributed by atoms with Crippen molar-refractivity contribution in [3.05, 3.63) is 34.1 Å². The number of nitrogens with two attached hydrogens (primary N) is 1. The summed E-state index contributed by atoms with van der Waals surface area (Å²) in [7, 11) is 8.42. The van der Waals surface area contributed by atoms with Crippen LogP contribution in [0.1, 0.15) is 37.3 Å². The van der Waals surface area contributed by atoms with Crippen LogP contribution in [0.3, 0.4) is 0 Å². The number of amides is 2. The van der Waals surface area contributed by atoms with E-state index in [4.69, 9.17) is 5.73 Å². The second-order valence-electron chi connectivity index (χ2n) is 12.1. The molecular formula is C30H41N5O8. The highest BCUT2D eigenvalue weighted by Crippen LogP contribution is 2.54. The first-order valence-corrected chi connectivity index (χ1v) is 14.3. The van der Waals surface area contributed by atoms with E-state index in [2.05, 4.69) is 5.32 Å². The number of phenolic OH excluding ortho intramolecular Hbond substituents is 1. The lowest BCUT2D eigenvalue weighted by Gasteiger charge is -2.50. The number of benzene rings is 1. The summed E-state index contributed by atoms with van der Waals surface area (Å²) in [4.78, 5) is 57.4. The first kappa shape index (κ1) is 32.0. The van der Waals surface area contributed by atoms with Crippen LogP contribution in [0.4, 0.5) is 11.4 Å². The van der Waals surface area contributed by atoms with Crippen LogP contribution in [0.5, 0.6) is 5.75 Å². The number of aliphatic hydroxyl groups is 3. The summed E-state index contributed by atoms with van der Waals surface area (Å²) in [6.07, 6.45) is 2.01. The Kier molecular flexibility index (Phi) is 8.65. The summed E-state index contributed by atoms with van der Waals surface area (Å²) in [6, 6.07) is 0.435. The van der Waals surface area contributed by atoms with Crippen LogP contribution >= 0.6 is 0 Å². The molecule has 13 nitrogen and oxygen atoms in total. The normalized spacial score (nSPS) is 25.1. The molecule has 3 unspecified atom stereocenters. The standard InChI is InChI=1S/C30H41N5O8/c1-7-8-9-35(6)13-19(36)32-17-12-18(33(2)3)15-10-14-11-16-23(34(4)5)26(39)22(29(31)42)28(41)30(16,43)27(40)20(14)25(38)21(15)24(17)37/h12,14,16,23,37-38,41,43H,7-11,13H2,1-6H3,(H2,31,42)(H,32,36)/t14?,16?,23-,30?/m0/s1. The first-order chi connectivity index (χ1) is 20.1. The minimum atomic E-state index is -2.72.